The summed E-state index contributed by atoms with van der Waals surface area (Å²) in [6.45, 7) is 0.734. The molecule has 2 heterocycles. The van der Waals surface area contributed by atoms with Gasteiger partial charge in [-0.25, -0.2) is 4.79 Å². The van der Waals surface area contributed by atoms with E-state index in [0.717, 1.165) is 19.3 Å². The third-order valence-corrected chi connectivity index (χ3v) is 3.01. The third kappa shape index (κ3) is 2.94. The minimum atomic E-state index is -0.156. The number of piperidine rings is 1. The summed E-state index contributed by atoms with van der Waals surface area (Å²) in [6, 6.07) is 3.36. The van der Waals surface area contributed by atoms with Crippen molar-refractivity contribution in [3.63, 3.8) is 0 Å². The minimum absolute atomic E-state index is 0.0282. The van der Waals surface area contributed by atoms with E-state index in [0.29, 0.717) is 12.2 Å². The van der Waals surface area contributed by atoms with Gasteiger partial charge in [-0.15, -0.1) is 0 Å². The molecular weight excluding hydrogens is 218 g/mol. The Kier molecular flexibility index (Phi) is 3.93. The second kappa shape index (κ2) is 5.63. The quantitative estimate of drug-likeness (QED) is 0.815. The van der Waals surface area contributed by atoms with E-state index in [1.54, 1.807) is 29.4 Å². The molecule has 1 atom stereocenters. The molecule has 1 unspecified atom stereocenters. The van der Waals surface area contributed by atoms with Crippen molar-refractivity contribution in [1.82, 2.24) is 9.88 Å². The number of urea groups is 1. The summed E-state index contributed by atoms with van der Waals surface area (Å²) in [7, 11) is 0. The van der Waals surface area contributed by atoms with E-state index in [1.807, 2.05) is 0 Å². The van der Waals surface area contributed by atoms with Crippen LogP contribution < -0.4 is 5.32 Å². The first-order chi connectivity index (χ1) is 8.31. The first kappa shape index (κ1) is 11.9. The van der Waals surface area contributed by atoms with Crippen LogP contribution >= 0.6 is 0 Å². The lowest BCUT2D eigenvalue weighted by Crippen LogP contribution is -2.47. The number of nitrogens with one attached hydrogen (secondary N) is 1. The Morgan fingerprint density at radius 3 is 3.18 bits per heavy atom. The maximum absolute atomic E-state index is 12.0. The molecule has 5 nitrogen and oxygen atoms in total. The Morgan fingerprint density at radius 2 is 2.47 bits per heavy atom. The topological polar surface area (TPSA) is 65.5 Å². The van der Waals surface area contributed by atoms with Crippen LogP contribution in [-0.2, 0) is 0 Å². The number of pyridine rings is 1. The fourth-order valence-corrected chi connectivity index (χ4v) is 2.09. The number of likely N-dealkylation sites (tertiary alicyclic amines) is 1. The van der Waals surface area contributed by atoms with E-state index in [2.05, 4.69) is 10.3 Å². The van der Waals surface area contributed by atoms with Crippen LogP contribution in [0.25, 0.3) is 0 Å². The lowest BCUT2D eigenvalue weighted by molar-refractivity contribution is 0.115. The molecule has 17 heavy (non-hydrogen) atoms. The van der Waals surface area contributed by atoms with Gasteiger partial charge in [0.05, 0.1) is 24.5 Å². The third-order valence-electron chi connectivity index (χ3n) is 3.01. The van der Waals surface area contributed by atoms with Crippen LogP contribution in [-0.4, -0.2) is 40.2 Å². The molecule has 1 saturated heterocycles. The summed E-state index contributed by atoms with van der Waals surface area (Å²) in [5, 5.41) is 12.0. The highest BCUT2D eigenvalue weighted by Gasteiger charge is 2.25. The monoisotopic (exact) mass is 235 g/mol. The van der Waals surface area contributed by atoms with E-state index < -0.39 is 0 Å². The Balaban J connectivity index is 1.99. The molecule has 0 saturated carbocycles. The Morgan fingerprint density at radius 1 is 1.59 bits per heavy atom. The normalized spacial score (nSPS) is 20.1. The molecule has 1 aromatic rings. The van der Waals surface area contributed by atoms with E-state index in [-0.39, 0.29) is 18.7 Å². The number of aromatic nitrogens is 1. The summed E-state index contributed by atoms with van der Waals surface area (Å²) in [5.41, 5.74) is 0.680. The van der Waals surface area contributed by atoms with Gasteiger partial charge in [0.15, 0.2) is 0 Å². The lowest BCUT2D eigenvalue weighted by atomic mass is 10.0. The van der Waals surface area contributed by atoms with Crippen LogP contribution in [0.5, 0.6) is 0 Å². The van der Waals surface area contributed by atoms with Crippen molar-refractivity contribution in [3.8, 4) is 0 Å². The van der Waals surface area contributed by atoms with Gasteiger partial charge in [0.25, 0.3) is 0 Å². The number of rotatable bonds is 2. The molecule has 2 N–H and O–H groups in total. The number of aliphatic hydroxyl groups is 1. The maximum atomic E-state index is 12.0. The molecule has 0 radical (unpaired) electrons. The first-order valence-corrected chi connectivity index (χ1v) is 5.90. The molecule has 92 valence electrons. The molecule has 1 aromatic heterocycles. The van der Waals surface area contributed by atoms with Crippen LogP contribution in [0, 0.1) is 0 Å². The standard InChI is InChI=1S/C12H17N3O2/c16-9-11-5-1-2-7-15(11)12(17)14-10-4-3-6-13-8-10/h3-4,6,8,11,16H,1-2,5,7,9H2,(H,14,17). The van der Waals surface area contributed by atoms with E-state index >= 15 is 0 Å². The van der Waals surface area contributed by atoms with Crippen molar-refractivity contribution in [2.75, 3.05) is 18.5 Å². The molecular formula is C12H17N3O2. The highest BCUT2D eigenvalue weighted by atomic mass is 16.3. The van der Waals surface area contributed by atoms with E-state index in [4.69, 9.17) is 0 Å². The van der Waals surface area contributed by atoms with E-state index in [9.17, 15) is 9.90 Å². The molecule has 2 rings (SSSR count). The van der Waals surface area contributed by atoms with Gasteiger partial charge in [-0.05, 0) is 31.4 Å². The zero-order valence-electron chi connectivity index (χ0n) is 9.67. The number of nitrogens with zero attached hydrogens (tertiary/aromatic N) is 2. The van der Waals surface area contributed by atoms with Gasteiger partial charge in [0.2, 0.25) is 0 Å². The van der Waals surface area contributed by atoms with Crippen molar-refractivity contribution < 1.29 is 9.90 Å². The van der Waals surface area contributed by atoms with Crippen LogP contribution in [0.4, 0.5) is 10.5 Å². The van der Waals surface area contributed by atoms with Crippen LogP contribution in [0.1, 0.15) is 19.3 Å². The van der Waals surface area contributed by atoms with Crippen LogP contribution in [0.15, 0.2) is 24.5 Å². The van der Waals surface area contributed by atoms with Gasteiger partial charge in [0, 0.05) is 12.7 Å². The largest absolute Gasteiger partial charge is 0.394 e. The zero-order valence-corrected chi connectivity index (χ0v) is 9.67. The molecule has 1 aliphatic rings. The van der Waals surface area contributed by atoms with Crippen LogP contribution in [0.3, 0.4) is 0 Å². The van der Waals surface area contributed by atoms with Gasteiger partial charge >= 0.3 is 6.03 Å². The minimum Gasteiger partial charge on any atom is -0.394 e. The molecule has 5 heteroatoms. The molecule has 2 amide bonds. The fourth-order valence-electron chi connectivity index (χ4n) is 2.09. The number of carbonyl (C=O) groups excluding carboxylic acids is 1. The lowest BCUT2D eigenvalue weighted by Gasteiger charge is -2.34. The van der Waals surface area contributed by atoms with Gasteiger partial charge in [-0.1, -0.05) is 0 Å². The van der Waals surface area contributed by atoms with Crippen molar-refractivity contribution in [2.24, 2.45) is 0 Å². The highest BCUT2D eigenvalue weighted by molar-refractivity contribution is 5.89. The SMILES string of the molecule is O=C(Nc1cccnc1)N1CCCCC1CO. The number of carbonyl (C=O) groups is 1. The fraction of sp³-hybridized carbons (Fsp3) is 0.500. The number of aliphatic hydroxyl groups excluding tert-OH is 1. The van der Waals surface area contributed by atoms with Gasteiger partial charge in [0.1, 0.15) is 0 Å². The predicted octanol–water partition coefficient (Wildman–Crippen LogP) is 1.46. The summed E-state index contributed by atoms with van der Waals surface area (Å²) < 4.78 is 0. The Labute approximate surface area is 100 Å². The number of amides is 2. The Hall–Kier alpha value is -1.62. The molecule has 0 spiro atoms. The van der Waals surface area contributed by atoms with E-state index in [1.165, 1.54) is 0 Å². The molecule has 0 aromatic carbocycles. The average Bonchev–Trinajstić information content (AvgIpc) is 2.40. The molecule has 1 fully saturated rings. The van der Waals surface area contributed by atoms with Crippen molar-refractivity contribution in [2.45, 2.75) is 25.3 Å². The van der Waals surface area contributed by atoms with Gasteiger partial charge in [-0.2, -0.15) is 0 Å². The van der Waals surface area contributed by atoms with Gasteiger partial charge < -0.3 is 15.3 Å². The summed E-state index contributed by atoms with van der Waals surface area (Å²) in [4.78, 5) is 17.7. The number of hydrogen-bond acceptors (Lipinski definition) is 3. The van der Waals surface area contributed by atoms with Crippen molar-refractivity contribution in [1.29, 1.82) is 0 Å². The van der Waals surface area contributed by atoms with Crippen LogP contribution in [0.2, 0.25) is 0 Å². The molecule has 1 aliphatic heterocycles. The van der Waals surface area contributed by atoms with Gasteiger partial charge in [-0.3, -0.25) is 4.98 Å². The van der Waals surface area contributed by atoms with Crippen molar-refractivity contribution >= 4 is 11.7 Å². The zero-order chi connectivity index (χ0) is 12.1. The molecule has 0 aliphatic carbocycles. The Bertz CT molecular complexity index is 369. The second-order valence-corrected chi connectivity index (χ2v) is 4.20. The summed E-state index contributed by atoms with van der Waals surface area (Å²) >= 11 is 0. The highest BCUT2D eigenvalue weighted by Crippen LogP contribution is 2.17. The summed E-state index contributed by atoms with van der Waals surface area (Å²) in [6.07, 6.45) is 6.21. The molecule has 0 bridgehead atoms. The smallest absolute Gasteiger partial charge is 0.322 e. The number of anilines is 1. The second-order valence-electron chi connectivity index (χ2n) is 4.20. The predicted molar refractivity (Wildman–Crippen MR) is 64.7 cm³/mol. The first-order valence-electron chi connectivity index (χ1n) is 5.90. The summed E-state index contributed by atoms with van der Waals surface area (Å²) in [5.74, 6) is 0. The maximum Gasteiger partial charge on any atom is 0.322 e. The number of hydrogen-bond donors (Lipinski definition) is 2. The average molecular weight is 235 g/mol. The van der Waals surface area contributed by atoms with Crippen molar-refractivity contribution in [3.05, 3.63) is 24.5 Å².